The fourth-order valence-corrected chi connectivity index (χ4v) is 3.73. The number of fused-ring (bicyclic) bond motifs is 3. The Hall–Kier alpha value is -3.12. The van der Waals surface area contributed by atoms with Crippen LogP contribution in [0.2, 0.25) is 0 Å². The highest BCUT2D eigenvalue weighted by Crippen LogP contribution is 2.29. The molecule has 0 saturated carbocycles. The third-order valence-corrected chi connectivity index (χ3v) is 5.28. The summed E-state index contributed by atoms with van der Waals surface area (Å²) in [6.07, 6.45) is 1.04. The first-order valence-electron chi connectivity index (χ1n) is 9.79. The molecule has 2 unspecified atom stereocenters. The minimum atomic E-state index is -0.788. The summed E-state index contributed by atoms with van der Waals surface area (Å²) >= 11 is 0. The Bertz CT molecular complexity index is 1090. The number of hydrogen-bond acceptors (Lipinski definition) is 5. The maximum absolute atomic E-state index is 12.3. The van der Waals surface area contributed by atoms with E-state index in [1.165, 1.54) is 0 Å². The van der Waals surface area contributed by atoms with Gasteiger partial charge in [-0.3, -0.25) is 4.79 Å². The van der Waals surface area contributed by atoms with Crippen molar-refractivity contribution in [3.63, 3.8) is 0 Å². The highest BCUT2D eigenvalue weighted by Gasteiger charge is 2.21. The molecule has 1 aliphatic rings. The lowest BCUT2D eigenvalue weighted by molar-refractivity contribution is -0.127. The van der Waals surface area contributed by atoms with E-state index in [4.69, 9.17) is 9.15 Å². The van der Waals surface area contributed by atoms with Crippen molar-refractivity contribution in [2.45, 2.75) is 38.4 Å². The Morgan fingerprint density at radius 3 is 2.72 bits per heavy atom. The van der Waals surface area contributed by atoms with E-state index in [1.54, 1.807) is 31.2 Å². The Labute approximate surface area is 168 Å². The molecular weight excluding hydrogens is 370 g/mol. The molecule has 0 aliphatic heterocycles. The fourth-order valence-electron chi connectivity index (χ4n) is 3.73. The monoisotopic (exact) mass is 393 g/mol. The number of aliphatic hydroxyl groups excluding tert-OH is 1. The topological polar surface area (TPSA) is 88.8 Å². The largest absolute Gasteiger partial charge is 0.481 e. The predicted octanol–water partition coefficient (Wildman–Crippen LogP) is 2.90. The molecule has 2 aromatic carbocycles. The molecule has 6 nitrogen and oxygen atoms in total. The SMILES string of the molecule is CC(Oc1ccc2c3c(c(=O)oc2c1)CCC3)C(=O)NCC(O)c1ccccc1. The van der Waals surface area contributed by atoms with Crippen molar-refractivity contribution in [2.75, 3.05) is 6.54 Å². The van der Waals surface area contributed by atoms with Crippen LogP contribution in [0.3, 0.4) is 0 Å². The number of carbonyl (C=O) groups is 1. The minimum absolute atomic E-state index is 0.0925. The second-order valence-corrected chi connectivity index (χ2v) is 7.29. The molecule has 2 N–H and O–H groups in total. The fraction of sp³-hybridized carbons (Fsp3) is 0.304. The average molecular weight is 393 g/mol. The van der Waals surface area contributed by atoms with Crippen molar-refractivity contribution < 1.29 is 19.1 Å². The molecule has 3 aromatic rings. The van der Waals surface area contributed by atoms with Crippen LogP contribution in [0.15, 0.2) is 57.7 Å². The van der Waals surface area contributed by atoms with Gasteiger partial charge in [0.1, 0.15) is 11.3 Å². The Kier molecular flexibility index (Phi) is 5.36. The van der Waals surface area contributed by atoms with Crippen LogP contribution < -0.4 is 15.7 Å². The summed E-state index contributed by atoms with van der Waals surface area (Å²) in [7, 11) is 0. The molecular formula is C23H23NO5. The summed E-state index contributed by atoms with van der Waals surface area (Å²) in [5.41, 5.74) is 2.75. The first-order chi connectivity index (χ1) is 14.0. The number of nitrogens with one attached hydrogen (secondary N) is 1. The third-order valence-electron chi connectivity index (χ3n) is 5.28. The van der Waals surface area contributed by atoms with Crippen LogP contribution in [0.25, 0.3) is 11.0 Å². The normalized spacial score (nSPS) is 15.0. The van der Waals surface area contributed by atoms with Crippen LogP contribution in [0.4, 0.5) is 0 Å². The average Bonchev–Trinajstić information content (AvgIpc) is 3.23. The van der Waals surface area contributed by atoms with Crippen LogP contribution in [-0.4, -0.2) is 23.7 Å². The molecule has 6 heteroatoms. The molecule has 150 valence electrons. The van der Waals surface area contributed by atoms with Crippen molar-refractivity contribution in [1.82, 2.24) is 5.32 Å². The van der Waals surface area contributed by atoms with Gasteiger partial charge in [0.2, 0.25) is 0 Å². The van der Waals surface area contributed by atoms with E-state index >= 15 is 0 Å². The zero-order chi connectivity index (χ0) is 20.4. The number of carbonyl (C=O) groups excluding carboxylic acids is 1. The second-order valence-electron chi connectivity index (χ2n) is 7.29. The van der Waals surface area contributed by atoms with E-state index in [2.05, 4.69) is 5.32 Å². The van der Waals surface area contributed by atoms with Crippen LogP contribution >= 0.6 is 0 Å². The smallest absolute Gasteiger partial charge is 0.339 e. The number of benzene rings is 2. The first kappa shape index (κ1) is 19.2. The van der Waals surface area contributed by atoms with Gasteiger partial charge in [-0.1, -0.05) is 30.3 Å². The van der Waals surface area contributed by atoms with Crippen molar-refractivity contribution in [2.24, 2.45) is 0 Å². The predicted molar refractivity (Wildman–Crippen MR) is 109 cm³/mol. The van der Waals surface area contributed by atoms with Crippen LogP contribution in [0.5, 0.6) is 5.75 Å². The van der Waals surface area contributed by atoms with E-state index in [-0.39, 0.29) is 18.1 Å². The van der Waals surface area contributed by atoms with Gasteiger partial charge in [-0.25, -0.2) is 4.79 Å². The molecule has 0 bridgehead atoms. The molecule has 1 amide bonds. The van der Waals surface area contributed by atoms with Gasteiger partial charge in [0, 0.05) is 23.6 Å². The zero-order valence-electron chi connectivity index (χ0n) is 16.2. The quantitative estimate of drug-likeness (QED) is 0.629. The maximum Gasteiger partial charge on any atom is 0.339 e. The van der Waals surface area contributed by atoms with Gasteiger partial charge >= 0.3 is 5.63 Å². The van der Waals surface area contributed by atoms with Crippen molar-refractivity contribution >= 4 is 16.9 Å². The van der Waals surface area contributed by atoms with Gasteiger partial charge in [0.15, 0.2) is 6.10 Å². The molecule has 0 fully saturated rings. The van der Waals surface area contributed by atoms with Crippen LogP contribution in [0, 0.1) is 0 Å². The van der Waals surface area contributed by atoms with E-state index in [1.807, 2.05) is 24.3 Å². The zero-order valence-corrected chi connectivity index (χ0v) is 16.2. The first-order valence-corrected chi connectivity index (χ1v) is 9.79. The standard InChI is InChI=1S/C23H23NO5/c1-14(22(26)24-13-20(25)15-6-3-2-4-7-15)28-16-10-11-18-17-8-5-9-19(17)23(27)29-21(18)12-16/h2-4,6-7,10-12,14,20,25H,5,8-9,13H2,1H3,(H,24,26). The van der Waals surface area contributed by atoms with E-state index in [9.17, 15) is 14.7 Å². The molecule has 0 saturated heterocycles. The molecule has 1 aromatic heterocycles. The van der Waals surface area contributed by atoms with Gasteiger partial charge < -0.3 is 19.6 Å². The number of hydrogen-bond donors (Lipinski definition) is 2. The van der Waals surface area contributed by atoms with Crippen molar-refractivity contribution in [3.8, 4) is 5.75 Å². The van der Waals surface area contributed by atoms with Gasteiger partial charge in [-0.05, 0) is 49.4 Å². The highest BCUT2D eigenvalue weighted by atomic mass is 16.5. The molecule has 4 rings (SSSR count). The molecule has 0 radical (unpaired) electrons. The third kappa shape index (κ3) is 4.03. The lowest BCUT2D eigenvalue weighted by Crippen LogP contribution is -2.38. The van der Waals surface area contributed by atoms with Gasteiger partial charge in [-0.15, -0.1) is 0 Å². The number of amides is 1. The summed E-state index contributed by atoms with van der Waals surface area (Å²) in [5, 5.41) is 13.8. The Morgan fingerprint density at radius 2 is 1.93 bits per heavy atom. The molecule has 1 aliphatic carbocycles. The molecule has 29 heavy (non-hydrogen) atoms. The van der Waals surface area contributed by atoms with Crippen LogP contribution in [0.1, 0.15) is 36.1 Å². The summed E-state index contributed by atoms with van der Waals surface area (Å²) in [4.78, 5) is 24.5. The van der Waals surface area contributed by atoms with Gasteiger partial charge in [-0.2, -0.15) is 0 Å². The lowest BCUT2D eigenvalue weighted by atomic mass is 10.1. The van der Waals surface area contributed by atoms with Crippen LogP contribution in [-0.2, 0) is 17.6 Å². The summed E-state index contributed by atoms with van der Waals surface area (Å²) in [6.45, 7) is 1.72. The number of aryl methyl sites for hydroxylation is 1. The molecule has 1 heterocycles. The van der Waals surface area contributed by atoms with E-state index < -0.39 is 12.2 Å². The number of aliphatic hydroxyl groups is 1. The maximum atomic E-state index is 12.3. The lowest BCUT2D eigenvalue weighted by Gasteiger charge is -2.17. The van der Waals surface area contributed by atoms with Gasteiger partial charge in [0.05, 0.1) is 6.10 Å². The number of ether oxygens (including phenoxy) is 1. The second kappa shape index (κ2) is 8.09. The van der Waals surface area contributed by atoms with E-state index in [0.717, 1.165) is 41.3 Å². The number of rotatable bonds is 6. The Balaban J connectivity index is 1.42. The minimum Gasteiger partial charge on any atom is -0.481 e. The Morgan fingerprint density at radius 1 is 1.17 bits per heavy atom. The van der Waals surface area contributed by atoms with Gasteiger partial charge in [0.25, 0.3) is 5.91 Å². The van der Waals surface area contributed by atoms with Crippen molar-refractivity contribution in [1.29, 1.82) is 0 Å². The molecule has 2 atom stereocenters. The summed E-state index contributed by atoms with van der Waals surface area (Å²) < 4.78 is 11.2. The summed E-state index contributed by atoms with van der Waals surface area (Å²) in [5.74, 6) is 0.111. The molecule has 0 spiro atoms. The highest BCUT2D eigenvalue weighted by molar-refractivity contribution is 5.84. The summed E-state index contributed by atoms with van der Waals surface area (Å²) in [6, 6.07) is 14.4. The van der Waals surface area contributed by atoms with Crippen molar-refractivity contribution in [3.05, 3.63) is 75.6 Å². The van der Waals surface area contributed by atoms with E-state index in [0.29, 0.717) is 11.3 Å².